The van der Waals surface area contributed by atoms with Gasteiger partial charge in [0.25, 0.3) is 0 Å². The number of carbonyl (C=O) groups excluding carboxylic acids is 2. The number of hydrogen-bond donors (Lipinski definition) is 0. The number of carbonyl (C=O) groups is 2. The van der Waals surface area contributed by atoms with E-state index in [0.29, 0.717) is 0 Å². The third-order valence-electron chi connectivity index (χ3n) is 3.50. The minimum absolute atomic E-state index is 0.0185. The van der Waals surface area contributed by atoms with Gasteiger partial charge in [0.05, 0.1) is 0 Å². The van der Waals surface area contributed by atoms with Gasteiger partial charge in [0.2, 0.25) is 0 Å². The van der Waals surface area contributed by atoms with E-state index < -0.39 is 0 Å². The molecule has 0 aliphatic rings. The van der Waals surface area contributed by atoms with Crippen LogP contribution in [0.5, 0.6) is 0 Å². The van der Waals surface area contributed by atoms with Crippen LogP contribution in [0.25, 0.3) is 0 Å². The number of hydrogen-bond acceptors (Lipinski definition) is 2. The summed E-state index contributed by atoms with van der Waals surface area (Å²) in [6.07, 6.45) is 3.73. The highest BCUT2D eigenvalue weighted by atomic mass is 16.1. The van der Waals surface area contributed by atoms with Crippen molar-refractivity contribution in [1.29, 1.82) is 0 Å². The molecule has 0 aromatic heterocycles. The Morgan fingerprint density at radius 3 is 2.04 bits per heavy atom. The van der Waals surface area contributed by atoms with Crippen molar-refractivity contribution in [2.75, 3.05) is 0 Å². The first-order valence-electron chi connectivity index (χ1n) is 9.09. The molecule has 0 saturated heterocycles. The number of Topliss-reactive ketones (excluding diaryl/α,β-unsaturated/α-hetero) is 1. The Balaban J connectivity index is 0.000000394. The van der Waals surface area contributed by atoms with Gasteiger partial charge < -0.3 is 0 Å². The van der Waals surface area contributed by atoms with E-state index in [4.69, 9.17) is 0 Å². The van der Waals surface area contributed by atoms with Gasteiger partial charge in [-0.25, -0.2) is 0 Å². The quantitative estimate of drug-likeness (QED) is 0.472. The molecule has 0 atom stereocenters. The molecule has 0 aliphatic heterocycles. The van der Waals surface area contributed by atoms with Crippen LogP contribution in [0.4, 0.5) is 0 Å². The van der Waals surface area contributed by atoms with Crippen molar-refractivity contribution >= 4 is 11.6 Å². The van der Waals surface area contributed by atoms with Gasteiger partial charge in [-0.2, -0.15) is 0 Å². The molecule has 0 N–H and O–H groups in total. The fourth-order valence-electron chi connectivity index (χ4n) is 2.07. The molecule has 0 radical (unpaired) electrons. The van der Waals surface area contributed by atoms with Gasteiger partial charge in [-0.15, -0.1) is 0 Å². The summed E-state index contributed by atoms with van der Waals surface area (Å²) in [6.45, 7) is 12.7. The summed E-state index contributed by atoms with van der Waals surface area (Å²) in [6, 6.07) is 18.3. The van der Waals surface area contributed by atoms with E-state index in [1.165, 1.54) is 31.4 Å². The molecular weight excluding hydrogens is 320 g/mol. The number of aryl methyl sites for hydroxylation is 2. The topological polar surface area (TPSA) is 34.1 Å². The average Bonchev–Trinajstić information content (AvgIpc) is 2.63. The lowest BCUT2D eigenvalue weighted by molar-refractivity contribution is -0.112. The molecular formula is C24H32O2. The Kier molecular flexibility index (Phi) is 12.5. The number of ketones is 2. The highest BCUT2D eigenvalue weighted by molar-refractivity contribution is 5.97. The average molecular weight is 353 g/mol. The fraction of sp³-hybridized carbons (Fsp3) is 0.333. The van der Waals surface area contributed by atoms with Crippen LogP contribution in [0.1, 0.15) is 55.6 Å². The maximum absolute atomic E-state index is 11.5. The monoisotopic (exact) mass is 352 g/mol. The molecule has 2 nitrogen and oxygen atoms in total. The molecule has 140 valence electrons. The van der Waals surface area contributed by atoms with Crippen LogP contribution < -0.4 is 0 Å². The van der Waals surface area contributed by atoms with Gasteiger partial charge in [0, 0.05) is 11.5 Å². The molecule has 2 rings (SSSR count). The molecule has 0 spiro atoms. The van der Waals surface area contributed by atoms with Gasteiger partial charge in [-0.1, -0.05) is 87.9 Å². The van der Waals surface area contributed by atoms with Gasteiger partial charge in [0.1, 0.15) is 0 Å². The number of rotatable bonds is 5. The normalized spacial score (nSPS) is 9.31. The van der Waals surface area contributed by atoms with Crippen molar-refractivity contribution in [3.63, 3.8) is 0 Å². The van der Waals surface area contributed by atoms with Gasteiger partial charge in [0.15, 0.2) is 11.6 Å². The highest BCUT2D eigenvalue weighted by Gasteiger charge is 2.09. The van der Waals surface area contributed by atoms with E-state index in [9.17, 15) is 9.59 Å². The lowest BCUT2D eigenvalue weighted by atomic mass is 10.00. The van der Waals surface area contributed by atoms with E-state index in [0.717, 1.165) is 11.1 Å². The first kappa shape index (κ1) is 23.5. The summed E-state index contributed by atoms with van der Waals surface area (Å²) in [5.74, 6) is 0.329. The van der Waals surface area contributed by atoms with Gasteiger partial charge >= 0.3 is 0 Å². The molecule has 0 saturated carbocycles. The summed E-state index contributed by atoms with van der Waals surface area (Å²) < 4.78 is 0. The number of benzene rings is 2. The van der Waals surface area contributed by atoms with Crippen LogP contribution >= 0.6 is 0 Å². The van der Waals surface area contributed by atoms with Crippen LogP contribution in [0, 0.1) is 12.8 Å². The van der Waals surface area contributed by atoms with E-state index >= 15 is 0 Å². The molecule has 0 heterocycles. The maximum Gasteiger partial charge on any atom is 0.165 e. The van der Waals surface area contributed by atoms with E-state index in [2.05, 4.69) is 43.8 Å². The smallest absolute Gasteiger partial charge is 0.165 e. The zero-order chi connectivity index (χ0) is 19.9. The molecule has 0 unspecified atom stereocenters. The molecule has 0 fully saturated rings. The summed E-state index contributed by atoms with van der Waals surface area (Å²) in [5.41, 5.74) is 3.41. The second-order valence-corrected chi connectivity index (χ2v) is 6.44. The van der Waals surface area contributed by atoms with E-state index in [1.54, 1.807) is 0 Å². The largest absolute Gasteiger partial charge is 0.295 e. The van der Waals surface area contributed by atoms with Crippen LogP contribution in [0.3, 0.4) is 0 Å². The molecule has 2 aromatic rings. The SMILES string of the molecule is C=CC(C)=O.CCCc1ccccc1.Cc1cccc(C(=O)C(C)C)c1. The first-order chi connectivity index (χ1) is 12.3. The summed E-state index contributed by atoms with van der Waals surface area (Å²) in [4.78, 5) is 21.2. The van der Waals surface area contributed by atoms with Crippen molar-refractivity contribution in [1.82, 2.24) is 0 Å². The second kappa shape index (κ2) is 13.8. The third-order valence-corrected chi connectivity index (χ3v) is 3.50. The molecule has 0 aliphatic carbocycles. The summed E-state index contributed by atoms with van der Waals surface area (Å²) >= 11 is 0. The maximum atomic E-state index is 11.5. The molecule has 2 aromatic carbocycles. The van der Waals surface area contributed by atoms with E-state index in [1.807, 2.05) is 45.0 Å². The van der Waals surface area contributed by atoms with E-state index in [-0.39, 0.29) is 17.5 Å². The third kappa shape index (κ3) is 11.1. The Morgan fingerprint density at radius 2 is 1.62 bits per heavy atom. The predicted molar refractivity (Wildman–Crippen MR) is 112 cm³/mol. The van der Waals surface area contributed by atoms with Crippen LogP contribution in [-0.2, 0) is 11.2 Å². The minimum atomic E-state index is 0.0185. The zero-order valence-corrected chi connectivity index (χ0v) is 16.8. The Bertz CT molecular complexity index is 670. The molecule has 0 bridgehead atoms. The van der Waals surface area contributed by atoms with Gasteiger partial charge in [-0.3, -0.25) is 9.59 Å². The summed E-state index contributed by atoms with van der Waals surface area (Å²) in [7, 11) is 0. The number of allylic oxidation sites excluding steroid dienone is 1. The summed E-state index contributed by atoms with van der Waals surface area (Å²) in [5, 5.41) is 0. The fourth-order valence-corrected chi connectivity index (χ4v) is 2.07. The van der Waals surface area contributed by atoms with Crippen LogP contribution in [0.2, 0.25) is 0 Å². The zero-order valence-electron chi connectivity index (χ0n) is 16.8. The Hall–Kier alpha value is -2.48. The first-order valence-corrected chi connectivity index (χ1v) is 9.09. The lowest BCUT2D eigenvalue weighted by Gasteiger charge is -2.03. The van der Waals surface area contributed by atoms with Crippen molar-refractivity contribution in [2.24, 2.45) is 5.92 Å². The van der Waals surface area contributed by atoms with Crippen LogP contribution in [-0.4, -0.2) is 11.6 Å². The second-order valence-electron chi connectivity index (χ2n) is 6.44. The van der Waals surface area contributed by atoms with Crippen LogP contribution in [0.15, 0.2) is 67.3 Å². The van der Waals surface area contributed by atoms with Crippen molar-refractivity contribution in [2.45, 2.75) is 47.5 Å². The minimum Gasteiger partial charge on any atom is -0.295 e. The predicted octanol–water partition coefficient (Wildman–Crippen LogP) is 6.23. The van der Waals surface area contributed by atoms with Crippen molar-refractivity contribution in [3.8, 4) is 0 Å². The molecule has 0 amide bonds. The van der Waals surface area contributed by atoms with Crippen molar-refractivity contribution in [3.05, 3.63) is 83.9 Å². The molecule has 2 heteroatoms. The Morgan fingerprint density at radius 1 is 1.04 bits per heavy atom. The lowest BCUT2D eigenvalue weighted by Crippen LogP contribution is -2.07. The highest BCUT2D eigenvalue weighted by Crippen LogP contribution is 2.09. The Labute approximate surface area is 159 Å². The van der Waals surface area contributed by atoms with Crippen molar-refractivity contribution < 1.29 is 9.59 Å². The molecule has 26 heavy (non-hydrogen) atoms. The standard InChI is InChI=1S/C11H14O.C9H12.C4H6O/c1-8(2)11(12)10-6-4-5-9(3)7-10;1-2-6-9-7-4-3-5-8-9;1-3-4(2)5/h4-8H,1-3H3;3-5,7-8H,2,6H2,1H3;3H,1H2,2H3. The van der Waals surface area contributed by atoms with Gasteiger partial charge in [-0.05, 0) is 38.0 Å².